The van der Waals surface area contributed by atoms with Crippen LogP contribution in [0.2, 0.25) is 0 Å². The van der Waals surface area contributed by atoms with Crippen molar-refractivity contribution in [1.29, 1.82) is 0 Å². The fourth-order valence-electron chi connectivity index (χ4n) is 1.07. The van der Waals surface area contributed by atoms with Gasteiger partial charge in [0.15, 0.2) is 5.96 Å². The molecule has 0 heterocycles. The van der Waals surface area contributed by atoms with E-state index >= 15 is 0 Å². The van der Waals surface area contributed by atoms with Gasteiger partial charge in [0.05, 0.1) is 5.75 Å². The molecule has 0 fully saturated rings. The van der Waals surface area contributed by atoms with E-state index in [1.807, 2.05) is 0 Å². The summed E-state index contributed by atoms with van der Waals surface area (Å²) in [7, 11) is -1.42. The minimum Gasteiger partial charge on any atom is -0.355 e. The summed E-state index contributed by atoms with van der Waals surface area (Å²) in [6.45, 7) is 8.80. The minimum absolute atomic E-state index is 0. The van der Waals surface area contributed by atoms with Crippen molar-refractivity contribution in [2.24, 2.45) is 10.9 Å². The molecule has 6 nitrogen and oxygen atoms in total. The van der Waals surface area contributed by atoms with Crippen LogP contribution in [0.4, 0.5) is 0 Å². The molecule has 0 aromatic rings. The predicted molar refractivity (Wildman–Crippen MR) is 91.7 cm³/mol. The van der Waals surface area contributed by atoms with E-state index in [9.17, 15) is 8.42 Å². The van der Waals surface area contributed by atoms with Gasteiger partial charge in [-0.05, 0) is 19.8 Å². The second-order valence-electron chi connectivity index (χ2n) is 4.47. The van der Waals surface area contributed by atoms with Crippen LogP contribution >= 0.6 is 24.0 Å². The third-order valence-corrected chi connectivity index (χ3v) is 4.11. The first-order chi connectivity index (χ1) is 8.32. The van der Waals surface area contributed by atoms with Crippen molar-refractivity contribution in [3.05, 3.63) is 0 Å². The summed E-state index contributed by atoms with van der Waals surface area (Å²) in [6, 6.07) is 0.309. The molecular weight excluding hydrogens is 379 g/mol. The maximum absolute atomic E-state index is 11.2. The summed E-state index contributed by atoms with van der Waals surface area (Å²) < 4.78 is 24.9. The van der Waals surface area contributed by atoms with E-state index in [2.05, 4.69) is 41.1 Å². The van der Waals surface area contributed by atoms with Crippen LogP contribution in [0.1, 0.15) is 27.7 Å². The number of hydrogen-bond donors (Lipinski definition) is 3. The summed E-state index contributed by atoms with van der Waals surface area (Å²) in [5, 5.41) is 6.30. The Kier molecular flexibility index (Phi) is 11.9. The Balaban J connectivity index is 0. The Labute approximate surface area is 134 Å². The third kappa shape index (κ3) is 10.4. The fraction of sp³-hybridized carbons (Fsp3) is 0.909. The van der Waals surface area contributed by atoms with Crippen LogP contribution in [0, 0.1) is 5.92 Å². The highest BCUT2D eigenvalue weighted by Gasteiger charge is 2.09. The molecule has 0 radical (unpaired) electrons. The lowest BCUT2D eigenvalue weighted by Crippen LogP contribution is -2.46. The van der Waals surface area contributed by atoms with Gasteiger partial charge in [-0.1, -0.05) is 13.8 Å². The molecule has 0 aliphatic rings. The molecule has 0 bridgehead atoms. The molecule has 1 atom stereocenters. The van der Waals surface area contributed by atoms with Crippen molar-refractivity contribution in [2.45, 2.75) is 33.7 Å². The van der Waals surface area contributed by atoms with E-state index in [0.717, 1.165) is 0 Å². The molecule has 0 amide bonds. The van der Waals surface area contributed by atoms with Crippen LogP contribution in [-0.2, 0) is 10.0 Å². The lowest BCUT2D eigenvalue weighted by atomic mass is 10.1. The lowest BCUT2D eigenvalue weighted by Gasteiger charge is -2.20. The average molecular weight is 406 g/mol. The van der Waals surface area contributed by atoms with Crippen molar-refractivity contribution in [2.75, 3.05) is 25.9 Å². The monoisotopic (exact) mass is 406 g/mol. The minimum atomic E-state index is -3.11. The summed E-state index contributed by atoms with van der Waals surface area (Å²) in [5.74, 6) is 1.29. The average Bonchev–Trinajstić information content (AvgIpc) is 2.32. The number of guanidine groups is 1. The summed E-state index contributed by atoms with van der Waals surface area (Å²) >= 11 is 0. The van der Waals surface area contributed by atoms with Crippen LogP contribution in [0.5, 0.6) is 0 Å². The Hall–Kier alpha value is -0.0900. The number of rotatable bonds is 7. The third-order valence-electron chi connectivity index (χ3n) is 2.71. The highest BCUT2D eigenvalue weighted by Crippen LogP contribution is 1.98. The van der Waals surface area contributed by atoms with Crippen LogP contribution < -0.4 is 15.4 Å². The largest absolute Gasteiger partial charge is 0.355 e. The highest BCUT2D eigenvalue weighted by atomic mass is 127. The van der Waals surface area contributed by atoms with Gasteiger partial charge in [0.1, 0.15) is 0 Å². The molecule has 0 spiro atoms. The van der Waals surface area contributed by atoms with E-state index < -0.39 is 10.0 Å². The molecule has 19 heavy (non-hydrogen) atoms. The van der Waals surface area contributed by atoms with Gasteiger partial charge in [-0.25, -0.2) is 13.1 Å². The Bertz CT molecular complexity index is 358. The second kappa shape index (κ2) is 10.7. The molecule has 8 heteroatoms. The zero-order chi connectivity index (χ0) is 14.2. The van der Waals surface area contributed by atoms with Crippen molar-refractivity contribution in [3.8, 4) is 0 Å². The van der Waals surface area contributed by atoms with Gasteiger partial charge in [-0.2, -0.15) is 0 Å². The Morgan fingerprint density at radius 1 is 1.21 bits per heavy atom. The van der Waals surface area contributed by atoms with E-state index in [0.29, 0.717) is 31.0 Å². The molecule has 0 saturated heterocycles. The topological polar surface area (TPSA) is 82.6 Å². The van der Waals surface area contributed by atoms with E-state index in [1.54, 1.807) is 14.0 Å². The Morgan fingerprint density at radius 2 is 1.79 bits per heavy atom. The van der Waals surface area contributed by atoms with Crippen molar-refractivity contribution < 1.29 is 8.42 Å². The lowest BCUT2D eigenvalue weighted by molar-refractivity contribution is 0.481. The first-order valence-corrected chi connectivity index (χ1v) is 7.92. The molecule has 0 aliphatic carbocycles. The van der Waals surface area contributed by atoms with Gasteiger partial charge < -0.3 is 10.6 Å². The molecular formula is C11H27IN4O2S. The fourth-order valence-corrected chi connectivity index (χ4v) is 1.68. The van der Waals surface area contributed by atoms with Crippen molar-refractivity contribution in [1.82, 2.24) is 15.4 Å². The molecule has 116 valence electrons. The van der Waals surface area contributed by atoms with Gasteiger partial charge in [0.25, 0.3) is 0 Å². The predicted octanol–water partition coefficient (Wildman–Crippen LogP) is 0.753. The van der Waals surface area contributed by atoms with Crippen LogP contribution in [0.3, 0.4) is 0 Å². The van der Waals surface area contributed by atoms with E-state index in [1.165, 1.54) is 0 Å². The van der Waals surface area contributed by atoms with Crippen LogP contribution in [-0.4, -0.2) is 46.3 Å². The van der Waals surface area contributed by atoms with Crippen molar-refractivity contribution in [3.63, 3.8) is 0 Å². The van der Waals surface area contributed by atoms with Gasteiger partial charge in [-0.3, -0.25) is 4.99 Å². The normalized spacial score (nSPS) is 13.9. The summed E-state index contributed by atoms with van der Waals surface area (Å²) in [4.78, 5) is 4.08. The molecule has 0 rings (SSSR count). The second-order valence-corrected chi connectivity index (χ2v) is 6.57. The zero-order valence-corrected chi connectivity index (χ0v) is 15.5. The smallest absolute Gasteiger partial charge is 0.211 e. The van der Waals surface area contributed by atoms with Crippen molar-refractivity contribution >= 4 is 40.0 Å². The standard InChI is InChI=1S/C11H26N4O2S.HI/c1-6-18(16,17)14-8-7-13-11(12-5)15-10(4)9(2)3;/h9-10,14H,6-8H2,1-5H3,(H2,12,13,15);1H. The molecule has 0 aromatic heterocycles. The maximum atomic E-state index is 11.2. The van der Waals surface area contributed by atoms with Crippen LogP contribution in [0.25, 0.3) is 0 Å². The van der Waals surface area contributed by atoms with E-state index in [-0.39, 0.29) is 29.7 Å². The SMILES string of the molecule is CCS(=O)(=O)NCCNC(=NC)NC(C)C(C)C.I. The summed E-state index contributed by atoms with van der Waals surface area (Å²) in [6.07, 6.45) is 0. The highest BCUT2D eigenvalue weighted by molar-refractivity contribution is 14.0. The molecule has 0 aromatic carbocycles. The number of sulfonamides is 1. The first-order valence-electron chi connectivity index (χ1n) is 6.27. The molecule has 0 saturated carbocycles. The molecule has 1 unspecified atom stereocenters. The van der Waals surface area contributed by atoms with Gasteiger partial charge >= 0.3 is 0 Å². The molecule has 0 aliphatic heterocycles. The number of nitrogens with zero attached hydrogens (tertiary/aromatic N) is 1. The quantitative estimate of drug-likeness (QED) is 0.252. The Morgan fingerprint density at radius 3 is 2.21 bits per heavy atom. The number of aliphatic imine (C=N–C) groups is 1. The number of nitrogens with one attached hydrogen (secondary N) is 3. The first kappa shape index (κ1) is 21.2. The van der Waals surface area contributed by atoms with Gasteiger partial charge in [0.2, 0.25) is 10.0 Å². The maximum Gasteiger partial charge on any atom is 0.211 e. The van der Waals surface area contributed by atoms with Gasteiger partial charge in [-0.15, -0.1) is 24.0 Å². The summed E-state index contributed by atoms with van der Waals surface area (Å²) in [5.41, 5.74) is 0. The van der Waals surface area contributed by atoms with E-state index in [4.69, 9.17) is 0 Å². The van der Waals surface area contributed by atoms with Gasteiger partial charge in [0, 0.05) is 26.2 Å². The number of hydrogen-bond acceptors (Lipinski definition) is 3. The van der Waals surface area contributed by atoms with Crippen LogP contribution in [0.15, 0.2) is 4.99 Å². The number of halogens is 1. The zero-order valence-electron chi connectivity index (χ0n) is 12.4. The molecule has 3 N–H and O–H groups in total.